The van der Waals surface area contributed by atoms with Crippen LogP contribution in [0.4, 0.5) is 5.69 Å². The SMILES string of the molecule is CCOc1ccc(N(Cc2ccc(C)cc2)S(C)(=O)=O)cc1. The average Bonchev–Trinajstić information content (AvgIpc) is 2.47. The third kappa shape index (κ3) is 4.24. The van der Waals surface area contributed by atoms with Crippen LogP contribution in [0.25, 0.3) is 0 Å². The van der Waals surface area contributed by atoms with E-state index in [2.05, 4.69) is 0 Å². The molecule has 0 aromatic heterocycles. The number of hydrogen-bond donors (Lipinski definition) is 0. The van der Waals surface area contributed by atoms with Crippen molar-refractivity contribution in [2.45, 2.75) is 20.4 Å². The summed E-state index contributed by atoms with van der Waals surface area (Å²) in [6.07, 6.45) is 1.22. The maximum atomic E-state index is 12.1. The molecule has 0 N–H and O–H groups in total. The van der Waals surface area contributed by atoms with Crippen LogP contribution < -0.4 is 9.04 Å². The third-order valence-corrected chi connectivity index (χ3v) is 4.42. The molecule has 118 valence electrons. The van der Waals surface area contributed by atoms with E-state index in [1.165, 1.54) is 10.6 Å². The number of sulfonamides is 1. The lowest BCUT2D eigenvalue weighted by molar-refractivity contribution is 0.340. The van der Waals surface area contributed by atoms with Crippen LogP contribution >= 0.6 is 0 Å². The van der Waals surface area contributed by atoms with Gasteiger partial charge in [0.15, 0.2) is 0 Å². The molecular weight excluding hydrogens is 298 g/mol. The fourth-order valence-corrected chi connectivity index (χ4v) is 3.02. The molecule has 0 aliphatic rings. The van der Waals surface area contributed by atoms with Crippen molar-refractivity contribution in [1.29, 1.82) is 0 Å². The van der Waals surface area contributed by atoms with Crippen molar-refractivity contribution >= 4 is 15.7 Å². The second-order valence-electron chi connectivity index (χ2n) is 5.18. The highest BCUT2D eigenvalue weighted by atomic mass is 32.2. The van der Waals surface area contributed by atoms with Crippen LogP contribution in [0.3, 0.4) is 0 Å². The molecule has 0 spiro atoms. The van der Waals surface area contributed by atoms with E-state index in [0.717, 1.165) is 16.9 Å². The van der Waals surface area contributed by atoms with E-state index in [0.29, 0.717) is 18.8 Å². The molecule has 4 nitrogen and oxygen atoms in total. The molecular formula is C17H21NO3S. The van der Waals surface area contributed by atoms with E-state index < -0.39 is 10.0 Å². The fourth-order valence-electron chi connectivity index (χ4n) is 2.13. The van der Waals surface area contributed by atoms with Crippen LogP contribution in [0.5, 0.6) is 5.75 Å². The lowest BCUT2D eigenvalue weighted by Gasteiger charge is -2.23. The molecule has 0 heterocycles. The molecule has 0 aliphatic carbocycles. The molecule has 0 aliphatic heterocycles. The number of ether oxygens (including phenoxy) is 1. The van der Waals surface area contributed by atoms with E-state index in [9.17, 15) is 8.42 Å². The van der Waals surface area contributed by atoms with Gasteiger partial charge < -0.3 is 4.74 Å². The quantitative estimate of drug-likeness (QED) is 0.820. The van der Waals surface area contributed by atoms with Crippen LogP contribution in [-0.4, -0.2) is 21.3 Å². The average molecular weight is 319 g/mol. The first-order valence-electron chi connectivity index (χ1n) is 7.16. The van der Waals surface area contributed by atoms with Crippen LogP contribution in [0.1, 0.15) is 18.1 Å². The lowest BCUT2D eigenvalue weighted by Crippen LogP contribution is -2.29. The molecule has 0 radical (unpaired) electrons. The van der Waals surface area contributed by atoms with Crippen molar-refractivity contribution in [1.82, 2.24) is 0 Å². The normalized spacial score (nSPS) is 11.2. The molecule has 0 amide bonds. The number of hydrogen-bond acceptors (Lipinski definition) is 3. The zero-order chi connectivity index (χ0) is 16.2. The minimum Gasteiger partial charge on any atom is -0.494 e. The van der Waals surface area contributed by atoms with Crippen LogP contribution in [0, 0.1) is 6.92 Å². The van der Waals surface area contributed by atoms with Gasteiger partial charge in [0.2, 0.25) is 10.0 Å². The van der Waals surface area contributed by atoms with Gasteiger partial charge in [-0.2, -0.15) is 0 Å². The minimum absolute atomic E-state index is 0.313. The zero-order valence-corrected chi connectivity index (χ0v) is 13.9. The van der Waals surface area contributed by atoms with E-state index in [-0.39, 0.29) is 0 Å². The molecule has 0 saturated carbocycles. The summed E-state index contributed by atoms with van der Waals surface area (Å²) in [6, 6.07) is 14.9. The first-order valence-corrected chi connectivity index (χ1v) is 9.01. The smallest absolute Gasteiger partial charge is 0.232 e. The Kier molecular flexibility index (Phi) is 5.08. The molecule has 2 rings (SSSR count). The fraction of sp³-hybridized carbons (Fsp3) is 0.294. The zero-order valence-electron chi connectivity index (χ0n) is 13.1. The Balaban J connectivity index is 2.28. The molecule has 22 heavy (non-hydrogen) atoms. The second-order valence-corrected chi connectivity index (χ2v) is 7.09. The van der Waals surface area contributed by atoms with Crippen molar-refractivity contribution in [3.63, 3.8) is 0 Å². The predicted octanol–water partition coefficient (Wildman–Crippen LogP) is 3.36. The summed E-state index contributed by atoms with van der Waals surface area (Å²) in [5.41, 5.74) is 2.73. The number of anilines is 1. The number of benzene rings is 2. The second kappa shape index (κ2) is 6.83. The van der Waals surface area contributed by atoms with Gasteiger partial charge in [0.05, 0.1) is 25.1 Å². The molecule has 2 aromatic rings. The summed E-state index contributed by atoms with van der Waals surface area (Å²) in [5, 5.41) is 0. The van der Waals surface area contributed by atoms with Gasteiger partial charge in [0, 0.05) is 0 Å². The Morgan fingerprint density at radius 2 is 1.59 bits per heavy atom. The summed E-state index contributed by atoms with van der Waals surface area (Å²) in [4.78, 5) is 0. The molecule has 5 heteroatoms. The Morgan fingerprint density at radius 1 is 1.00 bits per heavy atom. The highest BCUT2D eigenvalue weighted by Gasteiger charge is 2.17. The van der Waals surface area contributed by atoms with E-state index in [4.69, 9.17) is 4.74 Å². The van der Waals surface area contributed by atoms with Crippen molar-refractivity contribution < 1.29 is 13.2 Å². The van der Waals surface area contributed by atoms with Gasteiger partial charge in [0.1, 0.15) is 5.75 Å². The van der Waals surface area contributed by atoms with Gasteiger partial charge in [-0.15, -0.1) is 0 Å². The molecule has 0 saturated heterocycles. The maximum absolute atomic E-state index is 12.1. The van der Waals surface area contributed by atoms with Crippen molar-refractivity contribution in [3.8, 4) is 5.75 Å². The van der Waals surface area contributed by atoms with Gasteiger partial charge >= 0.3 is 0 Å². The summed E-state index contributed by atoms with van der Waals surface area (Å²) < 4.78 is 31.0. The van der Waals surface area contributed by atoms with Crippen LogP contribution in [0.2, 0.25) is 0 Å². The minimum atomic E-state index is -3.36. The molecule has 2 aromatic carbocycles. The summed E-state index contributed by atoms with van der Waals surface area (Å²) in [7, 11) is -3.36. The van der Waals surface area contributed by atoms with Crippen molar-refractivity contribution in [2.75, 3.05) is 17.2 Å². The van der Waals surface area contributed by atoms with E-state index in [1.54, 1.807) is 24.3 Å². The molecule has 0 atom stereocenters. The van der Waals surface area contributed by atoms with E-state index >= 15 is 0 Å². The van der Waals surface area contributed by atoms with Gasteiger partial charge in [-0.1, -0.05) is 29.8 Å². The van der Waals surface area contributed by atoms with Gasteiger partial charge in [-0.05, 0) is 43.7 Å². The highest BCUT2D eigenvalue weighted by Crippen LogP contribution is 2.23. The van der Waals surface area contributed by atoms with Gasteiger partial charge in [-0.3, -0.25) is 4.31 Å². The predicted molar refractivity (Wildman–Crippen MR) is 89.8 cm³/mol. The Morgan fingerprint density at radius 3 is 2.09 bits per heavy atom. The first kappa shape index (κ1) is 16.4. The standard InChI is InChI=1S/C17H21NO3S/c1-4-21-17-11-9-16(10-12-17)18(22(3,19)20)13-15-7-5-14(2)6-8-15/h5-12H,4,13H2,1-3H3. The monoisotopic (exact) mass is 319 g/mol. The third-order valence-electron chi connectivity index (χ3n) is 3.28. The number of nitrogens with zero attached hydrogens (tertiary/aromatic N) is 1. The largest absolute Gasteiger partial charge is 0.494 e. The molecule has 0 unspecified atom stereocenters. The summed E-state index contributed by atoms with van der Waals surface area (Å²) in [5.74, 6) is 0.732. The Labute approximate surface area is 132 Å². The van der Waals surface area contributed by atoms with Gasteiger partial charge in [0.25, 0.3) is 0 Å². The van der Waals surface area contributed by atoms with E-state index in [1.807, 2.05) is 38.1 Å². The summed E-state index contributed by atoms with van der Waals surface area (Å²) in [6.45, 7) is 4.81. The first-order chi connectivity index (χ1) is 10.4. The molecule has 0 fully saturated rings. The topological polar surface area (TPSA) is 46.6 Å². The number of rotatable bonds is 6. The number of aryl methyl sites for hydroxylation is 1. The Hall–Kier alpha value is -2.01. The summed E-state index contributed by atoms with van der Waals surface area (Å²) >= 11 is 0. The van der Waals surface area contributed by atoms with Crippen LogP contribution in [0.15, 0.2) is 48.5 Å². The lowest BCUT2D eigenvalue weighted by atomic mass is 10.1. The maximum Gasteiger partial charge on any atom is 0.232 e. The highest BCUT2D eigenvalue weighted by molar-refractivity contribution is 7.92. The van der Waals surface area contributed by atoms with Gasteiger partial charge in [-0.25, -0.2) is 8.42 Å². The molecule has 0 bridgehead atoms. The Bertz CT molecular complexity index is 707. The van der Waals surface area contributed by atoms with Crippen molar-refractivity contribution in [3.05, 3.63) is 59.7 Å². The van der Waals surface area contributed by atoms with Crippen LogP contribution in [-0.2, 0) is 16.6 Å². The van der Waals surface area contributed by atoms with Crippen molar-refractivity contribution in [2.24, 2.45) is 0 Å².